The summed E-state index contributed by atoms with van der Waals surface area (Å²) in [4.78, 5) is 18.3. The zero-order valence-electron chi connectivity index (χ0n) is 10.7. The maximum Gasteiger partial charge on any atom is 0.287 e. The summed E-state index contributed by atoms with van der Waals surface area (Å²) >= 11 is 0. The van der Waals surface area contributed by atoms with Gasteiger partial charge >= 0.3 is 0 Å². The van der Waals surface area contributed by atoms with Crippen LogP contribution in [0.3, 0.4) is 0 Å². The third-order valence-electron chi connectivity index (χ3n) is 2.93. The van der Waals surface area contributed by atoms with Crippen LogP contribution >= 0.6 is 0 Å². The van der Waals surface area contributed by atoms with Gasteiger partial charge < -0.3 is 0 Å². The number of hydrogen-bond donors (Lipinski definition) is 0. The molecule has 0 N–H and O–H groups in total. The maximum absolute atomic E-state index is 12.9. The molecule has 0 unspecified atom stereocenters. The van der Waals surface area contributed by atoms with Crippen LogP contribution in [0.15, 0.2) is 55.1 Å². The molecule has 104 valence electrons. The Morgan fingerprint density at radius 3 is 2.48 bits per heavy atom. The second kappa shape index (κ2) is 5.12. The topological polar surface area (TPSA) is 73.8 Å². The van der Waals surface area contributed by atoms with E-state index < -0.39 is 4.92 Å². The highest BCUT2D eigenvalue weighted by atomic mass is 19.1. The van der Waals surface area contributed by atoms with E-state index in [0.29, 0.717) is 11.5 Å². The molecule has 0 saturated heterocycles. The van der Waals surface area contributed by atoms with Crippen LogP contribution < -0.4 is 0 Å². The lowest BCUT2D eigenvalue weighted by atomic mass is 10.2. The molecule has 0 aliphatic carbocycles. The van der Waals surface area contributed by atoms with Crippen LogP contribution in [0.2, 0.25) is 0 Å². The Bertz CT molecular complexity index is 781. The lowest BCUT2D eigenvalue weighted by Crippen LogP contribution is -1.95. The van der Waals surface area contributed by atoms with E-state index in [1.165, 1.54) is 30.5 Å². The van der Waals surface area contributed by atoms with Gasteiger partial charge in [0.2, 0.25) is 0 Å². The maximum atomic E-state index is 12.9. The minimum Gasteiger partial charge on any atom is -0.290 e. The van der Waals surface area contributed by atoms with E-state index in [1.807, 2.05) is 0 Å². The van der Waals surface area contributed by atoms with E-state index in [-0.39, 0.29) is 11.5 Å². The molecule has 1 aromatic carbocycles. The molecule has 3 rings (SSSR count). The van der Waals surface area contributed by atoms with Crippen molar-refractivity contribution in [1.82, 2.24) is 14.5 Å². The highest BCUT2D eigenvalue weighted by Crippen LogP contribution is 2.19. The summed E-state index contributed by atoms with van der Waals surface area (Å²) in [6.45, 7) is 0. The minimum absolute atomic E-state index is 0.0716. The Balaban J connectivity index is 1.90. The third kappa shape index (κ3) is 2.62. The molecule has 0 atom stereocenters. The zero-order valence-corrected chi connectivity index (χ0v) is 10.7. The number of nitrogens with zero attached hydrogens (tertiary/aromatic N) is 4. The first-order chi connectivity index (χ1) is 10.1. The summed E-state index contributed by atoms with van der Waals surface area (Å²) < 4.78 is 14.5. The lowest BCUT2D eigenvalue weighted by Gasteiger charge is -1.99. The number of imidazole rings is 1. The predicted molar refractivity (Wildman–Crippen MR) is 73.4 cm³/mol. The SMILES string of the molecule is O=[N+]([O-])c1ccc(-n2cnc(-c3ccc(F)cc3)c2)nc1. The van der Waals surface area contributed by atoms with E-state index in [0.717, 1.165) is 5.56 Å². The zero-order chi connectivity index (χ0) is 14.8. The fraction of sp³-hybridized carbons (Fsp3) is 0. The second-order valence-electron chi connectivity index (χ2n) is 4.30. The molecule has 0 fully saturated rings. The molecular weight excluding hydrogens is 275 g/mol. The molecule has 0 amide bonds. The van der Waals surface area contributed by atoms with Crippen LogP contribution in [0.5, 0.6) is 0 Å². The summed E-state index contributed by atoms with van der Waals surface area (Å²) in [5.74, 6) is 0.205. The molecule has 6 nitrogen and oxygen atoms in total. The summed E-state index contributed by atoms with van der Waals surface area (Å²) in [5, 5.41) is 10.6. The number of nitro groups is 1. The van der Waals surface area contributed by atoms with Crippen molar-refractivity contribution in [3.63, 3.8) is 0 Å². The van der Waals surface area contributed by atoms with Gasteiger partial charge in [0, 0.05) is 17.8 Å². The fourth-order valence-electron chi connectivity index (χ4n) is 1.86. The highest BCUT2D eigenvalue weighted by molar-refractivity contribution is 5.58. The van der Waals surface area contributed by atoms with Gasteiger partial charge in [0.05, 0.1) is 10.6 Å². The Labute approximate surface area is 118 Å². The standard InChI is InChI=1S/C14H9FN4O2/c15-11-3-1-10(2-4-11)13-8-18(9-17-13)14-6-5-12(7-16-14)19(20)21/h1-9H. The highest BCUT2D eigenvalue weighted by Gasteiger charge is 2.08. The summed E-state index contributed by atoms with van der Waals surface area (Å²) in [6.07, 6.45) is 4.46. The molecule has 0 aliphatic rings. The number of rotatable bonds is 3. The minimum atomic E-state index is -0.505. The summed E-state index contributed by atoms with van der Waals surface area (Å²) in [5.41, 5.74) is 1.37. The Morgan fingerprint density at radius 2 is 1.86 bits per heavy atom. The van der Waals surface area contributed by atoms with Gasteiger partial charge in [0.25, 0.3) is 5.69 Å². The van der Waals surface area contributed by atoms with E-state index >= 15 is 0 Å². The average Bonchev–Trinajstić information content (AvgIpc) is 2.98. The summed E-state index contributed by atoms with van der Waals surface area (Å²) in [6, 6.07) is 8.89. The fourth-order valence-corrected chi connectivity index (χ4v) is 1.86. The van der Waals surface area contributed by atoms with Crippen molar-refractivity contribution in [2.45, 2.75) is 0 Å². The molecule has 2 aromatic heterocycles. The van der Waals surface area contributed by atoms with Gasteiger partial charge in [-0.3, -0.25) is 14.7 Å². The largest absolute Gasteiger partial charge is 0.290 e. The van der Waals surface area contributed by atoms with Crippen LogP contribution in [0.1, 0.15) is 0 Å². The smallest absolute Gasteiger partial charge is 0.287 e. The second-order valence-corrected chi connectivity index (χ2v) is 4.30. The van der Waals surface area contributed by atoms with Crippen molar-refractivity contribution in [3.05, 3.63) is 71.1 Å². The van der Waals surface area contributed by atoms with Crippen LogP contribution in [-0.4, -0.2) is 19.5 Å². The molecule has 0 bridgehead atoms. The molecule has 0 aliphatic heterocycles. The van der Waals surface area contributed by atoms with Crippen LogP contribution in [-0.2, 0) is 0 Å². The molecule has 0 radical (unpaired) electrons. The first kappa shape index (κ1) is 12.9. The van der Waals surface area contributed by atoms with E-state index in [1.54, 1.807) is 29.2 Å². The molecule has 0 spiro atoms. The molecular formula is C14H9FN4O2. The third-order valence-corrected chi connectivity index (χ3v) is 2.93. The van der Waals surface area contributed by atoms with Gasteiger partial charge in [-0.2, -0.15) is 0 Å². The lowest BCUT2D eigenvalue weighted by molar-refractivity contribution is -0.385. The van der Waals surface area contributed by atoms with Crippen molar-refractivity contribution in [2.24, 2.45) is 0 Å². The van der Waals surface area contributed by atoms with Gasteiger partial charge in [0.15, 0.2) is 0 Å². The Kier molecular flexibility index (Phi) is 3.15. The monoisotopic (exact) mass is 284 g/mol. The predicted octanol–water partition coefficient (Wildman–Crippen LogP) is 2.98. The van der Waals surface area contributed by atoms with Crippen molar-refractivity contribution in [1.29, 1.82) is 0 Å². The number of aromatic nitrogens is 3. The van der Waals surface area contributed by atoms with Crippen molar-refractivity contribution >= 4 is 5.69 Å². The van der Waals surface area contributed by atoms with Crippen molar-refractivity contribution < 1.29 is 9.31 Å². The molecule has 3 aromatic rings. The number of halogens is 1. The Morgan fingerprint density at radius 1 is 1.10 bits per heavy atom. The molecule has 21 heavy (non-hydrogen) atoms. The molecule has 7 heteroatoms. The average molecular weight is 284 g/mol. The first-order valence-electron chi connectivity index (χ1n) is 6.04. The van der Waals surface area contributed by atoms with Crippen LogP contribution in [0.4, 0.5) is 10.1 Å². The number of benzene rings is 1. The van der Waals surface area contributed by atoms with E-state index in [9.17, 15) is 14.5 Å². The van der Waals surface area contributed by atoms with Gasteiger partial charge in [-0.25, -0.2) is 14.4 Å². The van der Waals surface area contributed by atoms with Crippen LogP contribution in [0.25, 0.3) is 17.1 Å². The van der Waals surface area contributed by atoms with Gasteiger partial charge in [0.1, 0.15) is 24.2 Å². The van der Waals surface area contributed by atoms with Gasteiger partial charge in [-0.05, 0) is 30.3 Å². The summed E-state index contributed by atoms with van der Waals surface area (Å²) in [7, 11) is 0. The quantitative estimate of drug-likeness (QED) is 0.547. The van der Waals surface area contributed by atoms with E-state index in [4.69, 9.17) is 0 Å². The Hall–Kier alpha value is -3.09. The van der Waals surface area contributed by atoms with Crippen molar-refractivity contribution in [2.75, 3.05) is 0 Å². The van der Waals surface area contributed by atoms with Crippen LogP contribution in [0, 0.1) is 15.9 Å². The first-order valence-corrected chi connectivity index (χ1v) is 6.04. The molecule has 2 heterocycles. The number of hydrogen-bond acceptors (Lipinski definition) is 4. The van der Waals surface area contributed by atoms with Crippen molar-refractivity contribution in [3.8, 4) is 17.1 Å². The normalized spacial score (nSPS) is 10.5. The van der Waals surface area contributed by atoms with Gasteiger partial charge in [-0.15, -0.1) is 0 Å². The van der Waals surface area contributed by atoms with Gasteiger partial charge in [-0.1, -0.05) is 0 Å². The molecule has 0 saturated carbocycles. The van der Waals surface area contributed by atoms with E-state index in [2.05, 4.69) is 9.97 Å². The number of pyridine rings is 1.